The van der Waals surface area contributed by atoms with E-state index < -0.39 is 22.2 Å². The Labute approximate surface area is 92.9 Å². The molecule has 9 nitrogen and oxygen atoms in total. The number of carbonyl (C=O) groups is 1. The lowest BCUT2D eigenvalue weighted by Crippen LogP contribution is -2.44. The van der Waals surface area contributed by atoms with Gasteiger partial charge in [-0.2, -0.15) is 13.1 Å². The summed E-state index contributed by atoms with van der Waals surface area (Å²) in [6.07, 6.45) is 0.361. The Hall–Kier alpha value is -1.39. The number of hydrogen-bond acceptors (Lipinski definition) is 4. The number of carboxylic acid groups (broad SMARTS) is 1. The van der Waals surface area contributed by atoms with E-state index in [1.54, 1.807) is 4.72 Å². The predicted octanol–water partition coefficient (Wildman–Crippen LogP) is -2.71. The van der Waals surface area contributed by atoms with Crippen LogP contribution in [0.1, 0.15) is 12.8 Å². The van der Waals surface area contributed by atoms with Gasteiger partial charge >= 0.3 is 5.97 Å². The van der Waals surface area contributed by atoms with Crippen LogP contribution in [-0.2, 0) is 15.0 Å². The maximum absolute atomic E-state index is 10.6. The molecule has 0 aliphatic rings. The topological polar surface area (TPSA) is 174 Å². The normalized spacial score (nSPS) is 13.1. The summed E-state index contributed by atoms with van der Waals surface area (Å²) in [5.41, 5.74) is 10.1. The van der Waals surface area contributed by atoms with Gasteiger partial charge in [-0.3, -0.25) is 9.79 Å². The van der Waals surface area contributed by atoms with Gasteiger partial charge in [0.05, 0.1) is 0 Å². The maximum Gasteiger partial charge on any atom is 0.321 e. The molecular weight excluding hydrogens is 238 g/mol. The van der Waals surface area contributed by atoms with Crippen molar-refractivity contribution in [2.75, 3.05) is 6.54 Å². The van der Waals surface area contributed by atoms with Crippen molar-refractivity contribution in [3.05, 3.63) is 0 Å². The molecule has 8 N–H and O–H groups in total. The van der Waals surface area contributed by atoms with E-state index in [0.29, 0.717) is 6.42 Å². The monoisotopic (exact) mass is 253 g/mol. The van der Waals surface area contributed by atoms with Gasteiger partial charge in [-0.05, 0) is 12.8 Å². The SMILES string of the molecule is NC(N)=NCCC[C@H](NS(N)(=O)=O)C(=O)O. The summed E-state index contributed by atoms with van der Waals surface area (Å²) in [4.78, 5) is 14.3. The zero-order valence-electron chi connectivity index (χ0n) is 8.46. The third-order valence-corrected chi connectivity index (χ3v) is 2.16. The standard InChI is InChI=1S/C6H15N5O4S/c7-6(8)10-3-1-2-4(5(12)13)11-16(9,14)15/h4,11H,1-3H2,(H,12,13)(H4,7,8,10)(H2,9,14,15)/t4-/m0/s1. The van der Waals surface area contributed by atoms with Gasteiger partial charge in [0.2, 0.25) is 0 Å². The van der Waals surface area contributed by atoms with E-state index in [1.165, 1.54) is 0 Å². The van der Waals surface area contributed by atoms with Crippen molar-refractivity contribution >= 4 is 22.1 Å². The molecule has 0 spiro atoms. The molecule has 0 radical (unpaired) electrons. The lowest BCUT2D eigenvalue weighted by atomic mass is 10.2. The Kier molecular flexibility index (Phi) is 5.71. The van der Waals surface area contributed by atoms with Crippen LogP contribution in [-0.4, -0.2) is 38.0 Å². The number of nitrogens with two attached hydrogens (primary N) is 3. The minimum absolute atomic E-state index is 0.0442. The molecular formula is C6H15N5O4S. The van der Waals surface area contributed by atoms with Gasteiger partial charge in [-0.25, -0.2) is 5.14 Å². The molecule has 0 saturated carbocycles. The van der Waals surface area contributed by atoms with Crippen molar-refractivity contribution in [1.82, 2.24) is 4.72 Å². The third kappa shape index (κ3) is 7.96. The number of guanidine groups is 1. The first-order valence-electron chi connectivity index (χ1n) is 4.30. The molecule has 0 unspecified atom stereocenters. The third-order valence-electron chi connectivity index (χ3n) is 1.55. The van der Waals surface area contributed by atoms with Gasteiger partial charge in [0.15, 0.2) is 5.96 Å². The second-order valence-corrected chi connectivity index (χ2v) is 4.33. The second kappa shape index (κ2) is 6.25. The van der Waals surface area contributed by atoms with Crippen LogP contribution in [0.5, 0.6) is 0 Å². The van der Waals surface area contributed by atoms with Gasteiger partial charge in [-0.1, -0.05) is 0 Å². The zero-order valence-corrected chi connectivity index (χ0v) is 9.27. The minimum Gasteiger partial charge on any atom is -0.480 e. The van der Waals surface area contributed by atoms with E-state index >= 15 is 0 Å². The Morgan fingerprint density at radius 1 is 1.44 bits per heavy atom. The van der Waals surface area contributed by atoms with Crippen molar-refractivity contribution in [2.45, 2.75) is 18.9 Å². The number of nitrogens with one attached hydrogen (secondary N) is 1. The Morgan fingerprint density at radius 3 is 2.38 bits per heavy atom. The molecule has 0 amide bonds. The summed E-state index contributed by atoms with van der Waals surface area (Å²) in [7, 11) is -4.04. The van der Waals surface area contributed by atoms with Crippen LogP contribution in [0, 0.1) is 0 Å². The zero-order chi connectivity index (χ0) is 12.8. The molecule has 0 heterocycles. The van der Waals surface area contributed by atoms with Gasteiger partial charge in [-0.15, -0.1) is 0 Å². The first-order chi connectivity index (χ1) is 7.22. The Bertz CT molecular complexity index is 361. The molecule has 0 aliphatic carbocycles. The Balaban J connectivity index is 4.16. The number of nitrogens with zero attached hydrogens (tertiary/aromatic N) is 1. The number of rotatable bonds is 7. The van der Waals surface area contributed by atoms with Gasteiger partial charge < -0.3 is 16.6 Å². The molecule has 0 aromatic rings. The summed E-state index contributed by atoms with van der Waals surface area (Å²) < 4.78 is 23.0. The second-order valence-electron chi connectivity index (χ2n) is 3.00. The molecule has 16 heavy (non-hydrogen) atoms. The average Bonchev–Trinajstić information content (AvgIpc) is 2.07. The summed E-state index contributed by atoms with van der Waals surface area (Å²) >= 11 is 0. The van der Waals surface area contributed by atoms with Crippen LogP contribution < -0.4 is 21.3 Å². The smallest absolute Gasteiger partial charge is 0.321 e. The van der Waals surface area contributed by atoms with Crippen LogP contribution in [0.15, 0.2) is 4.99 Å². The largest absolute Gasteiger partial charge is 0.480 e. The van der Waals surface area contributed by atoms with Crippen molar-refractivity contribution in [2.24, 2.45) is 21.6 Å². The van der Waals surface area contributed by atoms with Gasteiger partial charge in [0.25, 0.3) is 10.2 Å². The van der Waals surface area contributed by atoms with E-state index in [0.717, 1.165) is 0 Å². The van der Waals surface area contributed by atoms with Gasteiger partial charge in [0.1, 0.15) is 6.04 Å². The molecule has 0 bridgehead atoms. The fourth-order valence-electron chi connectivity index (χ4n) is 0.935. The van der Waals surface area contributed by atoms with Crippen LogP contribution in [0.4, 0.5) is 0 Å². The fourth-order valence-corrected chi connectivity index (χ4v) is 1.55. The lowest BCUT2D eigenvalue weighted by Gasteiger charge is -2.11. The number of aliphatic imine (C=N–C) groups is 1. The molecule has 0 fully saturated rings. The highest BCUT2D eigenvalue weighted by atomic mass is 32.2. The summed E-state index contributed by atoms with van der Waals surface area (Å²) in [6, 6.07) is -1.27. The van der Waals surface area contributed by atoms with Crippen LogP contribution in [0.2, 0.25) is 0 Å². The van der Waals surface area contributed by atoms with Crippen molar-refractivity contribution < 1.29 is 18.3 Å². The summed E-state index contributed by atoms with van der Waals surface area (Å²) in [5, 5.41) is 13.3. The minimum atomic E-state index is -4.04. The predicted molar refractivity (Wildman–Crippen MR) is 57.6 cm³/mol. The molecule has 10 heteroatoms. The van der Waals surface area contributed by atoms with Crippen molar-refractivity contribution in [1.29, 1.82) is 0 Å². The van der Waals surface area contributed by atoms with Crippen LogP contribution in [0.3, 0.4) is 0 Å². The quantitative estimate of drug-likeness (QED) is 0.187. The molecule has 0 rings (SSSR count). The first kappa shape index (κ1) is 14.6. The highest BCUT2D eigenvalue weighted by Crippen LogP contribution is 1.99. The van der Waals surface area contributed by atoms with Crippen LogP contribution in [0.25, 0.3) is 0 Å². The maximum atomic E-state index is 10.6. The molecule has 94 valence electrons. The van der Waals surface area contributed by atoms with E-state index in [1.807, 2.05) is 0 Å². The van der Waals surface area contributed by atoms with Crippen molar-refractivity contribution in [3.8, 4) is 0 Å². The van der Waals surface area contributed by atoms with Crippen LogP contribution >= 0.6 is 0 Å². The highest BCUT2D eigenvalue weighted by Gasteiger charge is 2.20. The van der Waals surface area contributed by atoms with E-state index in [2.05, 4.69) is 10.1 Å². The molecule has 0 aromatic carbocycles. The summed E-state index contributed by atoms with van der Waals surface area (Å²) in [5.74, 6) is -1.41. The lowest BCUT2D eigenvalue weighted by molar-refractivity contribution is -0.139. The first-order valence-corrected chi connectivity index (χ1v) is 5.85. The molecule has 1 atom stereocenters. The summed E-state index contributed by atoms with van der Waals surface area (Å²) in [6.45, 7) is 0.221. The average molecular weight is 253 g/mol. The number of aliphatic carboxylic acids is 1. The molecule has 0 aliphatic heterocycles. The van der Waals surface area contributed by atoms with E-state index in [9.17, 15) is 13.2 Å². The highest BCUT2D eigenvalue weighted by molar-refractivity contribution is 7.87. The molecule has 0 aromatic heterocycles. The van der Waals surface area contributed by atoms with E-state index in [4.69, 9.17) is 16.6 Å². The fraction of sp³-hybridized carbons (Fsp3) is 0.667. The van der Waals surface area contributed by atoms with E-state index in [-0.39, 0.29) is 18.9 Å². The number of hydrogen-bond donors (Lipinski definition) is 5. The van der Waals surface area contributed by atoms with Gasteiger partial charge in [0, 0.05) is 6.54 Å². The Morgan fingerprint density at radius 2 is 2.00 bits per heavy atom. The van der Waals surface area contributed by atoms with Crippen molar-refractivity contribution in [3.63, 3.8) is 0 Å². The number of carboxylic acids is 1. The molecule has 0 saturated heterocycles.